The van der Waals surface area contributed by atoms with Gasteiger partial charge in [-0.1, -0.05) is 0 Å². The normalized spacial score (nSPS) is 19.9. The van der Waals surface area contributed by atoms with Crippen LogP contribution in [0.15, 0.2) is 24.5 Å². The smallest absolute Gasteiger partial charge is 0.0931 e. The molecule has 1 unspecified atom stereocenters. The van der Waals surface area contributed by atoms with Crippen molar-refractivity contribution >= 4 is 16.7 Å². The lowest BCUT2D eigenvalue weighted by atomic mass is 10.1. The Hall–Kier alpha value is -1.55. The summed E-state index contributed by atoms with van der Waals surface area (Å²) in [5.74, 6) is 0. The molecule has 2 heterocycles. The number of aromatic nitrogens is 2. The molecule has 1 aliphatic rings. The van der Waals surface area contributed by atoms with E-state index in [1.165, 1.54) is 31.5 Å². The zero-order valence-electron chi connectivity index (χ0n) is 9.87. The molecule has 0 spiro atoms. The van der Waals surface area contributed by atoms with Gasteiger partial charge in [0.2, 0.25) is 0 Å². The van der Waals surface area contributed by atoms with Crippen molar-refractivity contribution in [3.05, 3.63) is 24.5 Å². The molecule has 0 radical (unpaired) electrons. The Kier molecular flexibility index (Phi) is 2.96. The number of benzene rings is 1. The molecular formula is C13H18N4. The number of hydrogen-bond acceptors (Lipinski definition) is 3. The van der Waals surface area contributed by atoms with Crippen LogP contribution in [0.3, 0.4) is 0 Å². The Labute approximate surface area is 101 Å². The predicted octanol–water partition coefficient (Wildman–Crippen LogP) is 2.12. The number of fused-ring (bicyclic) bond motifs is 1. The summed E-state index contributed by atoms with van der Waals surface area (Å²) < 4.78 is 0. The second kappa shape index (κ2) is 4.75. The fourth-order valence-electron chi connectivity index (χ4n) is 2.44. The average Bonchev–Trinajstić information content (AvgIpc) is 2.98. The summed E-state index contributed by atoms with van der Waals surface area (Å²) >= 11 is 0. The van der Waals surface area contributed by atoms with E-state index < -0.39 is 0 Å². The van der Waals surface area contributed by atoms with Crippen molar-refractivity contribution in [1.29, 1.82) is 0 Å². The highest BCUT2D eigenvalue weighted by Gasteiger charge is 2.12. The fourth-order valence-corrected chi connectivity index (χ4v) is 2.44. The minimum absolute atomic E-state index is 0.707. The van der Waals surface area contributed by atoms with Crippen molar-refractivity contribution in [3.8, 4) is 0 Å². The predicted molar refractivity (Wildman–Crippen MR) is 70.2 cm³/mol. The van der Waals surface area contributed by atoms with Crippen LogP contribution in [-0.2, 0) is 0 Å². The minimum atomic E-state index is 0.707. The average molecular weight is 230 g/mol. The first kappa shape index (κ1) is 10.6. The van der Waals surface area contributed by atoms with Crippen LogP contribution < -0.4 is 10.6 Å². The highest BCUT2D eigenvalue weighted by Crippen LogP contribution is 2.16. The first-order chi connectivity index (χ1) is 8.42. The SMILES string of the molecule is c1nc2ccc(NCCC3CCCN3)cc2[nH]1. The summed E-state index contributed by atoms with van der Waals surface area (Å²) in [7, 11) is 0. The van der Waals surface area contributed by atoms with Crippen LogP contribution in [-0.4, -0.2) is 29.1 Å². The molecule has 0 amide bonds. The Balaban J connectivity index is 1.56. The summed E-state index contributed by atoms with van der Waals surface area (Å²) in [6.45, 7) is 2.21. The van der Waals surface area contributed by atoms with Gasteiger partial charge in [0.05, 0.1) is 17.4 Å². The van der Waals surface area contributed by atoms with Crippen molar-refractivity contribution in [2.75, 3.05) is 18.4 Å². The second-order valence-corrected chi connectivity index (χ2v) is 4.64. The van der Waals surface area contributed by atoms with Crippen molar-refractivity contribution in [2.24, 2.45) is 0 Å². The van der Waals surface area contributed by atoms with Crippen molar-refractivity contribution in [3.63, 3.8) is 0 Å². The number of rotatable bonds is 4. The number of anilines is 1. The van der Waals surface area contributed by atoms with Gasteiger partial charge in [0.25, 0.3) is 0 Å². The highest BCUT2D eigenvalue weighted by atomic mass is 15.0. The molecule has 3 rings (SSSR count). The zero-order valence-corrected chi connectivity index (χ0v) is 9.87. The van der Waals surface area contributed by atoms with Crippen LogP contribution in [0.2, 0.25) is 0 Å². The van der Waals surface area contributed by atoms with Gasteiger partial charge in [-0.05, 0) is 44.0 Å². The maximum atomic E-state index is 4.21. The molecule has 1 saturated heterocycles. The molecule has 1 aliphatic heterocycles. The molecule has 1 atom stereocenters. The van der Waals surface area contributed by atoms with Crippen molar-refractivity contribution in [2.45, 2.75) is 25.3 Å². The molecule has 3 N–H and O–H groups in total. The van der Waals surface area contributed by atoms with Gasteiger partial charge in [-0.2, -0.15) is 0 Å². The number of imidazole rings is 1. The molecule has 17 heavy (non-hydrogen) atoms. The number of aromatic amines is 1. The van der Waals surface area contributed by atoms with Gasteiger partial charge in [-0.25, -0.2) is 4.98 Å². The lowest BCUT2D eigenvalue weighted by Gasteiger charge is -2.11. The minimum Gasteiger partial charge on any atom is -0.385 e. The van der Waals surface area contributed by atoms with Crippen molar-refractivity contribution < 1.29 is 0 Å². The fraction of sp³-hybridized carbons (Fsp3) is 0.462. The monoisotopic (exact) mass is 230 g/mol. The molecule has 0 aliphatic carbocycles. The molecule has 4 heteroatoms. The zero-order chi connectivity index (χ0) is 11.5. The second-order valence-electron chi connectivity index (χ2n) is 4.64. The van der Waals surface area contributed by atoms with Crippen LogP contribution in [0.25, 0.3) is 11.0 Å². The lowest BCUT2D eigenvalue weighted by Crippen LogP contribution is -2.24. The summed E-state index contributed by atoms with van der Waals surface area (Å²) in [4.78, 5) is 7.34. The number of hydrogen-bond donors (Lipinski definition) is 3. The first-order valence-corrected chi connectivity index (χ1v) is 6.32. The van der Waals surface area contributed by atoms with Gasteiger partial charge < -0.3 is 15.6 Å². The number of H-pyrrole nitrogens is 1. The van der Waals surface area contributed by atoms with E-state index in [9.17, 15) is 0 Å². The van der Waals surface area contributed by atoms with Crippen molar-refractivity contribution in [1.82, 2.24) is 15.3 Å². The van der Waals surface area contributed by atoms with Gasteiger partial charge >= 0.3 is 0 Å². The third-order valence-corrected chi connectivity index (χ3v) is 3.40. The van der Waals surface area contributed by atoms with Gasteiger partial charge in [-0.15, -0.1) is 0 Å². The van der Waals surface area contributed by atoms with E-state index in [0.29, 0.717) is 6.04 Å². The van der Waals surface area contributed by atoms with Gasteiger partial charge in [-0.3, -0.25) is 0 Å². The van der Waals surface area contributed by atoms with Crippen LogP contribution in [0.5, 0.6) is 0 Å². The molecule has 90 valence electrons. The lowest BCUT2D eigenvalue weighted by molar-refractivity contribution is 0.574. The Bertz CT molecular complexity index is 485. The van der Waals surface area contributed by atoms with Crippen LogP contribution in [0.4, 0.5) is 5.69 Å². The van der Waals surface area contributed by atoms with Crippen LogP contribution >= 0.6 is 0 Å². The summed E-state index contributed by atoms with van der Waals surface area (Å²) in [5, 5.41) is 6.98. The Morgan fingerprint density at radius 3 is 3.29 bits per heavy atom. The maximum absolute atomic E-state index is 4.21. The molecular weight excluding hydrogens is 212 g/mol. The van der Waals surface area contributed by atoms with E-state index in [2.05, 4.69) is 32.7 Å². The molecule has 4 nitrogen and oxygen atoms in total. The molecule has 1 fully saturated rings. The quantitative estimate of drug-likeness (QED) is 0.754. The highest BCUT2D eigenvalue weighted by molar-refractivity contribution is 5.78. The Morgan fingerprint density at radius 2 is 2.41 bits per heavy atom. The Morgan fingerprint density at radius 1 is 1.41 bits per heavy atom. The van der Waals surface area contributed by atoms with E-state index in [0.717, 1.165) is 17.6 Å². The van der Waals surface area contributed by atoms with E-state index in [1.807, 2.05) is 6.07 Å². The van der Waals surface area contributed by atoms with Gasteiger partial charge in [0.1, 0.15) is 0 Å². The van der Waals surface area contributed by atoms with Gasteiger partial charge in [0.15, 0.2) is 0 Å². The molecule has 0 saturated carbocycles. The largest absolute Gasteiger partial charge is 0.385 e. The van der Waals surface area contributed by atoms with Crippen LogP contribution in [0, 0.1) is 0 Å². The third kappa shape index (κ3) is 2.42. The maximum Gasteiger partial charge on any atom is 0.0931 e. The summed E-state index contributed by atoms with van der Waals surface area (Å²) in [6, 6.07) is 6.95. The molecule has 0 bridgehead atoms. The van der Waals surface area contributed by atoms with E-state index in [-0.39, 0.29) is 0 Å². The third-order valence-electron chi connectivity index (χ3n) is 3.40. The van der Waals surface area contributed by atoms with Crippen LogP contribution in [0.1, 0.15) is 19.3 Å². The van der Waals surface area contributed by atoms with E-state index >= 15 is 0 Å². The molecule has 1 aromatic carbocycles. The standard InChI is InChI=1S/C13H18N4/c1-2-10(14-6-1)5-7-15-11-3-4-12-13(8-11)17-9-16-12/h3-4,8-10,14-15H,1-2,5-7H2,(H,16,17). The molecule has 1 aromatic heterocycles. The summed E-state index contributed by atoms with van der Waals surface area (Å²) in [5.41, 5.74) is 3.28. The first-order valence-electron chi connectivity index (χ1n) is 6.32. The van der Waals surface area contributed by atoms with E-state index in [4.69, 9.17) is 0 Å². The van der Waals surface area contributed by atoms with Gasteiger partial charge in [0, 0.05) is 18.3 Å². The van der Waals surface area contributed by atoms with E-state index in [1.54, 1.807) is 6.33 Å². The molecule has 2 aromatic rings. The summed E-state index contributed by atoms with van der Waals surface area (Å²) in [6.07, 6.45) is 5.57. The number of nitrogens with one attached hydrogen (secondary N) is 3. The topological polar surface area (TPSA) is 52.7 Å². The number of nitrogens with zero attached hydrogens (tertiary/aromatic N) is 1.